The molecule has 136 valence electrons. The van der Waals surface area contributed by atoms with Gasteiger partial charge in [0.15, 0.2) is 0 Å². The fourth-order valence-corrected chi connectivity index (χ4v) is 2.81. The number of benzene rings is 1. The van der Waals surface area contributed by atoms with Crippen molar-refractivity contribution in [2.24, 2.45) is 5.92 Å². The first kappa shape index (κ1) is 17.0. The van der Waals surface area contributed by atoms with Crippen LogP contribution in [0.5, 0.6) is 11.6 Å². The molecule has 3 aromatic rings. The van der Waals surface area contributed by atoms with Crippen LogP contribution in [0.4, 0.5) is 5.69 Å². The highest BCUT2D eigenvalue weighted by atomic mass is 16.5. The minimum absolute atomic E-state index is 0.246. The van der Waals surface area contributed by atoms with Crippen molar-refractivity contribution < 1.29 is 13.9 Å². The molecule has 0 radical (unpaired) electrons. The van der Waals surface area contributed by atoms with Crippen molar-refractivity contribution in [3.05, 3.63) is 72.6 Å². The van der Waals surface area contributed by atoms with E-state index in [2.05, 4.69) is 22.2 Å². The average Bonchev–Trinajstić information content (AvgIpc) is 3.21. The molecule has 4 rings (SSSR count). The molecule has 0 bridgehead atoms. The minimum atomic E-state index is -0.246. The van der Waals surface area contributed by atoms with Gasteiger partial charge in [-0.05, 0) is 42.7 Å². The van der Waals surface area contributed by atoms with Crippen molar-refractivity contribution in [2.75, 3.05) is 5.32 Å². The number of furan rings is 1. The SMILES string of the molecule is CC1CC1c1ccc(C=CC(=O)Nc2cccc(Oc3cnccn3)c2)o1. The number of anilines is 1. The molecule has 1 aliphatic rings. The third kappa shape index (κ3) is 4.41. The second kappa shape index (κ2) is 7.45. The monoisotopic (exact) mass is 361 g/mol. The van der Waals surface area contributed by atoms with Crippen molar-refractivity contribution in [3.63, 3.8) is 0 Å². The molecule has 2 atom stereocenters. The van der Waals surface area contributed by atoms with Crippen molar-refractivity contribution >= 4 is 17.7 Å². The van der Waals surface area contributed by atoms with Gasteiger partial charge in [0.1, 0.15) is 17.3 Å². The predicted molar refractivity (Wildman–Crippen MR) is 101 cm³/mol. The van der Waals surface area contributed by atoms with Crippen LogP contribution in [0, 0.1) is 5.92 Å². The van der Waals surface area contributed by atoms with E-state index in [1.54, 1.807) is 42.7 Å². The summed E-state index contributed by atoms with van der Waals surface area (Å²) < 4.78 is 11.4. The van der Waals surface area contributed by atoms with Crippen LogP contribution in [0.2, 0.25) is 0 Å². The number of ether oxygens (including phenoxy) is 1. The minimum Gasteiger partial charge on any atom is -0.461 e. The topological polar surface area (TPSA) is 77.2 Å². The standard InChI is InChI=1S/C21H19N3O3/c1-14-11-18(14)19-7-5-16(26-19)6-8-20(25)24-15-3-2-4-17(12-15)27-21-13-22-9-10-23-21/h2-10,12-14,18H,11H2,1H3,(H,24,25). The van der Waals surface area contributed by atoms with Gasteiger partial charge in [-0.15, -0.1) is 0 Å². The molecule has 1 aliphatic carbocycles. The molecule has 0 saturated heterocycles. The van der Waals surface area contributed by atoms with Crippen LogP contribution in [0.1, 0.15) is 30.8 Å². The van der Waals surface area contributed by atoms with Crippen molar-refractivity contribution in [3.8, 4) is 11.6 Å². The number of nitrogens with one attached hydrogen (secondary N) is 1. The maximum Gasteiger partial charge on any atom is 0.248 e. The van der Waals surface area contributed by atoms with Crippen molar-refractivity contribution in [2.45, 2.75) is 19.3 Å². The normalized spacial score (nSPS) is 18.4. The molecule has 0 spiro atoms. The summed E-state index contributed by atoms with van der Waals surface area (Å²) in [5.41, 5.74) is 0.623. The first-order valence-electron chi connectivity index (χ1n) is 8.80. The molecule has 1 fully saturated rings. The molecule has 1 amide bonds. The molecule has 2 aromatic heterocycles. The maximum atomic E-state index is 12.2. The van der Waals surface area contributed by atoms with Gasteiger partial charge in [-0.1, -0.05) is 13.0 Å². The Kier molecular flexibility index (Phi) is 4.70. The molecular formula is C21H19N3O3. The Hall–Kier alpha value is -3.41. The number of carbonyl (C=O) groups excluding carboxylic acids is 1. The van der Waals surface area contributed by atoms with Gasteiger partial charge >= 0.3 is 0 Å². The van der Waals surface area contributed by atoms with Gasteiger partial charge in [0.2, 0.25) is 11.8 Å². The van der Waals surface area contributed by atoms with E-state index in [9.17, 15) is 4.79 Å². The predicted octanol–water partition coefficient (Wildman–Crippen LogP) is 4.64. The lowest BCUT2D eigenvalue weighted by Gasteiger charge is -2.06. The number of aromatic nitrogens is 2. The summed E-state index contributed by atoms with van der Waals surface area (Å²) in [4.78, 5) is 20.2. The molecule has 1 aromatic carbocycles. The molecule has 2 heterocycles. The molecule has 6 heteroatoms. The first-order valence-corrected chi connectivity index (χ1v) is 8.80. The van der Waals surface area contributed by atoms with Gasteiger partial charge in [0, 0.05) is 36.1 Å². The summed E-state index contributed by atoms with van der Waals surface area (Å²) in [6, 6.07) is 11.0. The summed E-state index contributed by atoms with van der Waals surface area (Å²) in [5.74, 6) is 3.59. The highest BCUT2D eigenvalue weighted by molar-refractivity contribution is 6.01. The number of hydrogen-bond acceptors (Lipinski definition) is 5. The number of nitrogens with zero attached hydrogens (tertiary/aromatic N) is 2. The molecule has 1 saturated carbocycles. The van der Waals surface area contributed by atoms with Crippen molar-refractivity contribution in [1.29, 1.82) is 0 Å². The highest BCUT2D eigenvalue weighted by Crippen LogP contribution is 2.47. The zero-order valence-corrected chi connectivity index (χ0v) is 14.8. The smallest absolute Gasteiger partial charge is 0.248 e. The van der Waals surface area contributed by atoms with Gasteiger partial charge < -0.3 is 14.5 Å². The summed E-state index contributed by atoms with van der Waals surface area (Å²) in [5, 5.41) is 2.80. The number of carbonyl (C=O) groups is 1. The summed E-state index contributed by atoms with van der Waals surface area (Å²) in [6.07, 6.45) is 8.94. The fraction of sp³-hybridized carbons (Fsp3) is 0.190. The van der Waals surface area contributed by atoms with Crippen molar-refractivity contribution in [1.82, 2.24) is 9.97 Å². The van der Waals surface area contributed by atoms with E-state index in [1.165, 1.54) is 18.7 Å². The van der Waals surface area contributed by atoms with Gasteiger partial charge in [-0.25, -0.2) is 4.98 Å². The molecule has 1 N–H and O–H groups in total. The van der Waals surface area contributed by atoms with Crippen LogP contribution in [0.25, 0.3) is 6.08 Å². The van der Waals surface area contributed by atoms with Gasteiger partial charge in [-0.3, -0.25) is 9.78 Å². The number of rotatable bonds is 6. The molecule has 0 aliphatic heterocycles. The third-order valence-electron chi connectivity index (χ3n) is 4.38. The summed E-state index contributed by atoms with van der Waals surface area (Å²) >= 11 is 0. The zero-order valence-electron chi connectivity index (χ0n) is 14.8. The summed E-state index contributed by atoms with van der Waals surface area (Å²) in [7, 11) is 0. The third-order valence-corrected chi connectivity index (χ3v) is 4.38. The Labute approximate surface area is 156 Å². The quantitative estimate of drug-likeness (QED) is 0.647. The fourth-order valence-electron chi connectivity index (χ4n) is 2.81. The second-order valence-electron chi connectivity index (χ2n) is 6.56. The molecule has 27 heavy (non-hydrogen) atoms. The van der Waals surface area contributed by atoms with E-state index < -0.39 is 0 Å². The Balaban J connectivity index is 1.36. The van der Waals surface area contributed by atoms with E-state index >= 15 is 0 Å². The molecular weight excluding hydrogens is 342 g/mol. The van der Waals surface area contributed by atoms with Gasteiger partial charge in [-0.2, -0.15) is 0 Å². The molecule has 2 unspecified atom stereocenters. The molecule has 6 nitrogen and oxygen atoms in total. The Morgan fingerprint density at radius 3 is 2.96 bits per heavy atom. The lowest BCUT2D eigenvalue weighted by molar-refractivity contribution is -0.111. The van der Waals surface area contributed by atoms with E-state index in [0.29, 0.717) is 34.9 Å². The maximum absolute atomic E-state index is 12.2. The number of hydrogen-bond donors (Lipinski definition) is 1. The first-order chi connectivity index (χ1) is 13.2. The Morgan fingerprint density at radius 1 is 1.30 bits per heavy atom. The van der Waals surface area contributed by atoms with Gasteiger partial charge in [0.05, 0.1) is 6.20 Å². The van der Waals surface area contributed by atoms with E-state index in [-0.39, 0.29) is 5.91 Å². The van der Waals surface area contributed by atoms with Crippen LogP contribution in [-0.4, -0.2) is 15.9 Å². The highest BCUT2D eigenvalue weighted by Gasteiger charge is 2.36. The van der Waals surface area contributed by atoms with Crippen LogP contribution in [-0.2, 0) is 4.79 Å². The largest absolute Gasteiger partial charge is 0.461 e. The van der Waals surface area contributed by atoms with Crippen LogP contribution >= 0.6 is 0 Å². The Bertz CT molecular complexity index is 966. The van der Waals surface area contributed by atoms with Gasteiger partial charge in [0.25, 0.3) is 0 Å². The van der Waals surface area contributed by atoms with Crippen LogP contribution in [0.3, 0.4) is 0 Å². The Morgan fingerprint density at radius 2 is 2.19 bits per heavy atom. The zero-order chi connectivity index (χ0) is 18.6. The van der Waals surface area contributed by atoms with E-state index in [1.807, 2.05) is 12.1 Å². The average molecular weight is 361 g/mol. The van der Waals surface area contributed by atoms with Crippen LogP contribution in [0.15, 0.2) is 65.5 Å². The lowest BCUT2D eigenvalue weighted by Crippen LogP contribution is -2.07. The second-order valence-corrected chi connectivity index (χ2v) is 6.56. The van der Waals surface area contributed by atoms with Crippen LogP contribution < -0.4 is 10.1 Å². The summed E-state index contributed by atoms with van der Waals surface area (Å²) in [6.45, 7) is 2.21. The van der Waals surface area contributed by atoms with E-state index in [0.717, 1.165) is 5.76 Å². The lowest BCUT2D eigenvalue weighted by atomic mass is 10.3. The van der Waals surface area contributed by atoms with E-state index in [4.69, 9.17) is 9.15 Å². The number of amides is 1.